The van der Waals surface area contributed by atoms with E-state index >= 15 is 0 Å². The van der Waals surface area contributed by atoms with Crippen LogP contribution in [0.2, 0.25) is 0 Å². The Bertz CT molecular complexity index is 1400. The number of nitrogens with one attached hydrogen (secondary N) is 3. The van der Waals surface area contributed by atoms with E-state index in [1.807, 2.05) is 34.6 Å². The van der Waals surface area contributed by atoms with Gasteiger partial charge in [0.05, 0.1) is 19.2 Å². The molecule has 47 heavy (non-hydrogen) atoms. The SMILES string of the molecule is COc1cccc(C(=O)[C@@H](NC(=O)N[C@H](C(=O)N2C[C@@H]3C(C(C)C)[C@@H]3[C@H]2C(=O)NC(CC2CC2)C(=O)C(N)=O)C(C)(C)C)C(C)C)c1. The molecule has 1 aromatic carbocycles. The lowest BCUT2D eigenvalue weighted by molar-refractivity contribution is -0.144. The molecule has 0 aromatic heterocycles. The maximum atomic E-state index is 14.3. The number of Topliss-reactive ketones (excluding diaryl/α,β-unsaturated/α-hetero) is 2. The third-order valence-corrected chi connectivity index (χ3v) is 9.84. The van der Waals surface area contributed by atoms with E-state index in [0.29, 0.717) is 24.3 Å². The lowest BCUT2D eigenvalue weighted by Crippen LogP contribution is -2.62. The van der Waals surface area contributed by atoms with Gasteiger partial charge in [-0.1, -0.05) is 73.4 Å². The molecule has 12 heteroatoms. The number of carbonyl (C=O) groups is 6. The molecule has 4 rings (SSSR count). The van der Waals surface area contributed by atoms with Crippen molar-refractivity contribution in [3.8, 4) is 5.75 Å². The number of hydrogen-bond donors (Lipinski definition) is 4. The Hall–Kier alpha value is -3.96. The van der Waals surface area contributed by atoms with Crippen molar-refractivity contribution in [2.45, 2.75) is 91.9 Å². The fourth-order valence-corrected chi connectivity index (χ4v) is 7.11. The number of hydrogen-bond acceptors (Lipinski definition) is 7. The molecule has 12 nitrogen and oxygen atoms in total. The minimum Gasteiger partial charge on any atom is -0.497 e. The van der Waals surface area contributed by atoms with E-state index in [9.17, 15) is 28.8 Å². The van der Waals surface area contributed by atoms with Crippen molar-refractivity contribution in [1.29, 1.82) is 0 Å². The molecule has 5 amide bonds. The van der Waals surface area contributed by atoms with Crippen LogP contribution in [0, 0.1) is 40.9 Å². The Balaban J connectivity index is 1.54. The van der Waals surface area contributed by atoms with Gasteiger partial charge in [-0.25, -0.2) is 4.79 Å². The van der Waals surface area contributed by atoms with Gasteiger partial charge in [0.1, 0.15) is 17.8 Å². The zero-order valence-electron chi connectivity index (χ0n) is 28.8. The number of rotatable bonds is 14. The number of benzene rings is 1. The van der Waals surface area contributed by atoms with Gasteiger partial charge in [0, 0.05) is 12.1 Å². The van der Waals surface area contributed by atoms with E-state index in [2.05, 4.69) is 29.8 Å². The largest absolute Gasteiger partial charge is 0.497 e. The highest BCUT2D eigenvalue weighted by Crippen LogP contribution is 2.59. The molecule has 1 saturated heterocycles. The molecule has 0 spiro atoms. The van der Waals surface area contributed by atoms with Crippen LogP contribution in [0.4, 0.5) is 4.79 Å². The van der Waals surface area contributed by atoms with Crippen molar-refractivity contribution in [1.82, 2.24) is 20.9 Å². The first-order valence-corrected chi connectivity index (χ1v) is 16.7. The lowest BCUT2D eigenvalue weighted by atomic mass is 9.85. The van der Waals surface area contributed by atoms with Crippen LogP contribution >= 0.6 is 0 Å². The van der Waals surface area contributed by atoms with Crippen molar-refractivity contribution < 1.29 is 33.5 Å². The summed E-state index contributed by atoms with van der Waals surface area (Å²) in [6, 6.07) is 2.18. The van der Waals surface area contributed by atoms with Crippen LogP contribution in [0.3, 0.4) is 0 Å². The zero-order chi connectivity index (χ0) is 35.0. The summed E-state index contributed by atoms with van der Waals surface area (Å²) in [5, 5.41) is 8.37. The molecule has 2 saturated carbocycles. The molecule has 1 heterocycles. The molecule has 2 aliphatic carbocycles. The fraction of sp³-hybridized carbons (Fsp3) is 0.657. The van der Waals surface area contributed by atoms with Gasteiger partial charge in [-0.15, -0.1) is 0 Å². The van der Waals surface area contributed by atoms with Gasteiger partial charge in [0.2, 0.25) is 17.6 Å². The van der Waals surface area contributed by atoms with Crippen molar-refractivity contribution in [2.75, 3.05) is 13.7 Å². The molecule has 7 atom stereocenters. The number of urea groups is 1. The standard InChI is InChI=1S/C35H51N5O7/c1-17(2)24-22-16-40(27(25(22)24)32(44)37-23(14-19-12-13-19)29(42)31(36)43)33(45)30(35(5,6)7)39-34(46)38-26(18(3)4)28(41)20-10-9-11-21(15-20)47-8/h9-11,15,17-19,22-27,30H,12-14,16H2,1-8H3,(H2,36,43)(H,37,44)(H2,38,39,46)/t22-,23?,24?,25-,26+,27+,30-/m1/s1. The van der Waals surface area contributed by atoms with Crippen molar-refractivity contribution >= 4 is 35.3 Å². The van der Waals surface area contributed by atoms with E-state index in [1.54, 1.807) is 24.3 Å². The smallest absolute Gasteiger partial charge is 0.316 e. The Kier molecular flexibility index (Phi) is 10.7. The minimum absolute atomic E-state index is 0.101. The Morgan fingerprint density at radius 1 is 1.00 bits per heavy atom. The molecule has 3 fully saturated rings. The Morgan fingerprint density at radius 2 is 1.66 bits per heavy atom. The van der Waals surface area contributed by atoms with Crippen LogP contribution in [-0.4, -0.2) is 78.0 Å². The molecular formula is C35H51N5O7. The Morgan fingerprint density at radius 3 is 2.19 bits per heavy atom. The molecule has 5 N–H and O–H groups in total. The highest BCUT2D eigenvalue weighted by atomic mass is 16.5. The van der Waals surface area contributed by atoms with Crippen LogP contribution in [0.15, 0.2) is 24.3 Å². The van der Waals surface area contributed by atoms with Crippen LogP contribution in [0.5, 0.6) is 5.75 Å². The summed E-state index contributed by atoms with van der Waals surface area (Å²) < 4.78 is 5.25. The third-order valence-electron chi connectivity index (χ3n) is 9.84. The van der Waals surface area contributed by atoms with Gasteiger partial charge in [-0.05, 0) is 59.5 Å². The molecule has 2 unspecified atom stereocenters. The number of carbonyl (C=O) groups excluding carboxylic acids is 6. The van der Waals surface area contributed by atoms with Gasteiger partial charge < -0.3 is 31.3 Å². The topological polar surface area (TPSA) is 177 Å². The number of ether oxygens (including phenoxy) is 1. The molecule has 0 bridgehead atoms. The van der Waals surface area contributed by atoms with Crippen LogP contribution in [0.1, 0.15) is 78.1 Å². The van der Waals surface area contributed by atoms with E-state index in [0.717, 1.165) is 12.8 Å². The van der Waals surface area contributed by atoms with Gasteiger partial charge in [-0.2, -0.15) is 0 Å². The van der Waals surface area contributed by atoms with Crippen LogP contribution < -0.4 is 26.4 Å². The fourth-order valence-electron chi connectivity index (χ4n) is 7.11. The second-order valence-corrected chi connectivity index (χ2v) is 15.2. The maximum Gasteiger partial charge on any atom is 0.316 e. The predicted molar refractivity (Wildman–Crippen MR) is 175 cm³/mol. The van der Waals surface area contributed by atoms with Crippen LogP contribution in [-0.2, 0) is 19.2 Å². The molecule has 1 aromatic rings. The number of methoxy groups -OCH3 is 1. The highest BCUT2D eigenvalue weighted by molar-refractivity contribution is 6.37. The zero-order valence-corrected chi connectivity index (χ0v) is 28.8. The summed E-state index contributed by atoms with van der Waals surface area (Å²) in [6.45, 7) is 13.6. The van der Waals surface area contributed by atoms with Crippen molar-refractivity contribution in [3.05, 3.63) is 29.8 Å². The normalized spacial score (nSPS) is 23.7. The number of nitrogens with zero attached hydrogens (tertiary/aromatic N) is 1. The van der Waals surface area contributed by atoms with Crippen LogP contribution in [0.25, 0.3) is 0 Å². The average Bonchev–Trinajstić information content (AvgIpc) is 3.92. The van der Waals surface area contributed by atoms with Gasteiger partial charge >= 0.3 is 6.03 Å². The molecule has 258 valence electrons. The number of piperidine rings is 1. The molecular weight excluding hydrogens is 602 g/mol. The third kappa shape index (κ3) is 8.13. The summed E-state index contributed by atoms with van der Waals surface area (Å²) in [5.41, 5.74) is 4.93. The quantitative estimate of drug-likeness (QED) is 0.176. The van der Waals surface area contributed by atoms with Gasteiger partial charge in [0.15, 0.2) is 5.78 Å². The maximum absolute atomic E-state index is 14.3. The average molecular weight is 654 g/mol. The number of ketones is 2. The number of fused-ring (bicyclic) bond motifs is 1. The summed E-state index contributed by atoms with van der Waals surface area (Å²) >= 11 is 0. The molecule has 3 aliphatic rings. The number of nitrogens with two attached hydrogens (primary N) is 1. The monoisotopic (exact) mass is 653 g/mol. The number of likely N-dealkylation sites (tertiary alicyclic amines) is 1. The van der Waals surface area contributed by atoms with Crippen molar-refractivity contribution in [2.24, 2.45) is 46.7 Å². The molecule has 1 aliphatic heterocycles. The van der Waals surface area contributed by atoms with E-state index < -0.39 is 59.1 Å². The molecule has 0 radical (unpaired) electrons. The summed E-state index contributed by atoms with van der Waals surface area (Å²) in [7, 11) is 1.51. The first kappa shape index (κ1) is 35.9. The number of amides is 5. The second-order valence-electron chi connectivity index (χ2n) is 15.2. The Labute approximate surface area is 277 Å². The van der Waals surface area contributed by atoms with Crippen molar-refractivity contribution in [3.63, 3.8) is 0 Å². The lowest BCUT2D eigenvalue weighted by Gasteiger charge is -2.37. The van der Waals surface area contributed by atoms with Gasteiger partial charge in [0.25, 0.3) is 5.91 Å². The predicted octanol–water partition coefficient (Wildman–Crippen LogP) is 2.68. The van der Waals surface area contributed by atoms with E-state index in [-0.39, 0.29) is 41.3 Å². The summed E-state index contributed by atoms with van der Waals surface area (Å²) in [4.78, 5) is 81.1. The summed E-state index contributed by atoms with van der Waals surface area (Å²) in [6.07, 6.45) is 2.15. The van der Waals surface area contributed by atoms with Gasteiger partial charge in [-0.3, -0.25) is 24.0 Å². The summed E-state index contributed by atoms with van der Waals surface area (Å²) in [5.74, 6) is -2.17. The minimum atomic E-state index is -1.10. The first-order valence-electron chi connectivity index (χ1n) is 16.7. The van der Waals surface area contributed by atoms with E-state index in [4.69, 9.17) is 10.5 Å². The van der Waals surface area contributed by atoms with E-state index in [1.165, 1.54) is 12.0 Å². The highest BCUT2D eigenvalue weighted by Gasteiger charge is 2.65. The first-order chi connectivity index (χ1) is 22.0. The second kappa shape index (κ2) is 14.0. The number of primary amides is 1.